The Hall–Kier alpha value is -3.22. The lowest BCUT2D eigenvalue weighted by molar-refractivity contribution is -0.116. The van der Waals surface area contributed by atoms with Gasteiger partial charge in [-0.25, -0.2) is 8.91 Å². The molecule has 0 bridgehead atoms. The second-order valence-electron chi connectivity index (χ2n) is 6.32. The maximum atomic E-state index is 14.0. The molecule has 2 aromatic heterocycles. The molecule has 0 aliphatic rings. The fraction of sp³-hybridized carbons (Fsp3) is 0.286. The summed E-state index contributed by atoms with van der Waals surface area (Å²) in [5, 5.41) is 4.16. The van der Waals surface area contributed by atoms with Gasteiger partial charge in [0.2, 0.25) is 5.88 Å². The Morgan fingerprint density at radius 2 is 1.96 bits per heavy atom. The second kappa shape index (κ2) is 9.64. The Morgan fingerprint density at radius 3 is 2.57 bits per heavy atom. The van der Waals surface area contributed by atoms with Gasteiger partial charge in [0.05, 0.1) is 0 Å². The largest absolute Gasteiger partial charge is 0.434 e. The van der Waals surface area contributed by atoms with Gasteiger partial charge in [-0.05, 0) is 38.5 Å². The maximum Gasteiger partial charge on any atom is 0.247 e. The fourth-order valence-corrected chi connectivity index (χ4v) is 2.21. The van der Waals surface area contributed by atoms with Crippen LogP contribution in [0.15, 0.2) is 42.4 Å². The molecule has 0 aliphatic heterocycles. The number of carbonyl (C=O) groups is 1. The van der Waals surface area contributed by atoms with Gasteiger partial charge < -0.3 is 15.3 Å². The van der Waals surface area contributed by atoms with Crippen LogP contribution >= 0.6 is 0 Å². The molecule has 6 nitrogen and oxygen atoms in total. The van der Waals surface area contributed by atoms with Crippen molar-refractivity contribution in [1.29, 1.82) is 0 Å². The third-order valence-corrected chi connectivity index (χ3v) is 4.07. The summed E-state index contributed by atoms with van der Waals surface area (Å²) in [4.78, 5) is 14.0. The summed E-state index contributed by atoms with van der Waals surface area (Å²) in [5.74, 6) is 0.0899. The molecule has 0 amide bonds. The van der Waals surface area contributed by atoms with Crippen LogP contribution in [0.4, 0.5) is 10.1 Å². The number of nitrogens with zero attached hydrogens (tertiary/aromatic N) is 3. The zero-order valence-electron chi connectivity index (χ0n) is 16.6. The normalized spacial score (nSPS) is 11.1. The quantitative estimate of drug-likeness (QED) is 0.623. The summed E-state index contributed by atoms with van der Waals surface area (Å²) >= 11 is 0. The van der Waals surface area contributed by atoms with E-state index in [1.54, 1.807) is 17.5 Å². The highest BCUT2D eigenvalue weighted by Gasteiger charge is 2.13. The predicted octanol–water partition coefficient (Wildman–Crippen LogP) is 5.04. The van der Waals surface area contributed by atoms with E-state index in [1.807, 2.05) is 32.2 Å². The highest BCUT2D eigenvalue weighted by molar-refractivity contribution is 5.75. The van der Waals surface area contributed by atoms with Gasteiger partial charge in [0.1, 0.15) is 17.6 Å². The first-order valence-electron chi connectivity index (χ1n) is 9.07. The zero-order valence-corrected chi connectivity index (χ0v) is 16.6. The number of aromatic nitrogens is 3. The van der Waals surface area contributed by atoms with Gasteiger partial charge in [0.15, 0.2) is 11.6 Å². The van der Waals surface area contributed by atoms with E-state index in [9.17, 15) is 9.18 Å². The predicted molar refractivity (Wildman–Crippen MR) is 109 cm³/mol. The number of halogens is 1. The number of hydrogen-bond donors (Lipinski definition) is 1. The molecule has 0 unspecified atom stereocenters. The molecule has 0 aliphatic carbocycles. The van der Waals surface area contributed by atoms with Crippen LogP contribution in [-0.4, -0.2) is 20.4 Å². The number of benzene rings is 1. The summed E-state index contributed by atoms with van der Waals surface area (Å²) in [7, 11) is 0. The third kappa shape index (κ3) is 5.39. The van der Waals surface area contributed by atoms with Gasteiger partial charge in [-0.3, -0.25) is 0 Å². The number of allylic oxidation sites excluding steroid dienone is 1. The van der Waals surface area contributed by atoms with Crippen LogP contribution in [0.3, 0.4) is 0 Å². The van der Waals surface area contributed by atoms with Gasteiger partial charge in [0, 0.05) is 29.9 Å². The van der Waals surface area contributed by atoms with E-state index in [2.05, 4.69) is 17.0 Å². The summed E-state index contributed by atoms with van der Waals surface area (Å²) < 4.78 is 21.3. The van der Waals surface area contributed by atoms with E-state index in [1.165, 1.54) is 24.0 Å². The summed E-state index contributed by atoms with van der Waals surface area (Å²) in [5.41, 5.74) is 8.73. The van der Waals surface area contributed by atoms with Gasteiger partial charge in [-0.15, -0.1) is 0 Å². The molecule has 3 rings (SSSR count). The molecule has 2 heterocycles. The van der Waals surface area contributed by atoms with Gasteiger partial charge >= 0.3 is 0 Å². The van der Waals surface area contributed by atoms with Crippen LogP contribution in [0.25, 0.3) is 11.6 Å². The molecular weight excluding hydrogens is 359 g/mol. The van der Waals surface area contributed by atoms with Crippen molar-refractivity contribution in [3.63, 3.8) is 0 Å². The van der Waals surface area contributed by atoms with E-state index < -0.39 is 5.82 Å². The Morgan fingerprint density at radius 1 is 1.25 bits per heavy atom. The fourth-order valence-electron chi connectivity index (χ4n) is 2.21. The van der Waals surface area contributed by atoms with E-state index in [4.69, 9.17) is 10.5 Å². The minimum absolute atomic E-state index is 0.0724. The highest BCUT2D eigenvalue weighted by Crippen LogP contribution is 2.30. The van der Waals surface area contributed by atoms with Crippen molar-refractivity contribution in [3.05, 3.63) is 53.7 Å². The lowest BCUT2D eigenvalue weighted by Crippen LogP contribution is -1.98. The second-order valence-corrected chi connectivity index (χ2v) is 6.32. The van der Waals surface area contributed by atoms with Crippen molar-refractivity contribution in [2.24, 2.45) is 0 Å². The lowest BCUT2D eigenvalue weighted by atomic mass is 10.1. The van der Waals surface area contributed by atoms with Gasteiger partial charge in [-0.1, -0.05) is 25.5 Å². The first kappa shape index (κ1) is 21.1. The number of nitrogen functional groups attached to an aromatic ring is 1. The molecule has 0 radical (unpaired) electrons. The monoisotopic (exact) mass is 384 g/mol. The number of rotatable bonds is 5. The van der Waals surface area contributed by atoms with Crippen molar-refractivity contribution < 1.29 is 13.9 Å². The molecule has 0 saturated carbocycles. The SMILES string of the molecule is CC/C(C)=C/c1ccn2ncnc(Oc3ccc(N)cc3F)c12.CCC(C)=O. The number of ether oxygens (including phenoxy) is 1. The highest BCUT2D eigenvalue weighted by atomic mass is 19.1. The molecule has 0 spiro atoms. The van der Waals surface area contributed by atoms with Crippen molar-refractivity contribution in [2.45, 2.75) is 40.5 Å². The number of hydrogen-bond acceptors (Lipinski definition) is 5. The Kier molecular flexibility index (Phi) is 7.26. The first-order valence-corrected chi connectivity index (χ1v) is 9.07. The maximum absolute atomic E-state index is 14.0. The minimum Gasteiger partial charge on any atom is -0.434 e. The van der Waals surface area contributed by atoms with Crippen LogP contribution in [-0.2, 0) is 4.79 Å². The molecule has 7 heteroatoms. The van der Waals surface area contributed by atoms with E-state index >= 15 is 0 Å². The molecule has 0 saturated heterocycles. The number of nitrogens with two attached hydrogens (primary N) is 1. The zero-order chi connectivity index (χ0) is 20.7. The lowest BCUT2D eigenvalue weighted by Gasteiger charge is -2.08. The Balaban J connectivity index is 0.000000500. The van der Waals surface area contributed by atoms with Gasteiger partial charge in [0.25, 0.3) is 0 Å². The number of Topliss-reactive ketones (excluding diaryl/α,β-unsaturated/α-hetero) is 1. The molecule has 0 atom stereocenters. The minimum atomic E-state index is -0.532. The summed E-state index contributed by atoms with van der Waals surface area (Å²) in [6.07, 6.45) is 6.84. The Labute approximate surface area is 163 Å². The third-order valence-electron chi connectivity index (χ3n) is 4.07. The number of fused-ring (bicyclic) bond motifs is 1. The molecular formula is C21H25FN4O2. The van der Waals surface area contributed by atoms with Crippen LogP contribution in [0.1, 0.15) is 46.1 Å². The average Bonchev–Trinajstić information content (AvgIpc) is 3.08. The van der Waals surface area contributed by atoms with Crippen LogP contribution in [0.2, 0.25) is 0 Å². The molecule has 1 aromatic carbocycles. The number of anilines is 1. The first-order chi connectivity index (χ1) is 13.3. The standard InChI is InChI=1S/C17H17FN4O.C4H8O/c1-3-11(2)8-12-6-7-22-16(12)17(20-10-21-22)23-15-5-4-13(19)9-14(15)18;1-3-4(2)5/h4-10H,3,19H2,1-2H3;3H2,1-2H3/b11-8+;. The van der Waals surface area contributed by atoms with Crippen molar-refractivity contribution >= 4 is 23.1 Å². The van der Waals surface area contributed by atoms with E-state index in [-0.39, 0.29) is 11.5 Å². The number of ketones is 1. The Bertz CT molecular complexity index is 995. The van der Waals surface area contributed by atoms with Crippen molar-refractivity contribution in [2.75, 3.05) is 5.73 Å². The molecule has 2 N–H and O–H groups in total. The van der Waals surface area contributed by atoms with Crippen molar-refractivity contribution in [3.8, 4) is 11.6 Å². The van der Waals surface area contributed by atoms with E-state index in [0.29, 0.717) is 23.5 Å². The molecule has 148 valence electrons. The molecule has 28 heavy (non-hydrogen) atoms. The van der Waals surface area contributed by atoms with Gasteiger partial charge in [-0.2, -0.15) is 10.1 Å². The van der Waals surface area contributed by atoms with E-state index in [0.717, 1.165) is 12.0 Å². The van der Waals surface area contributed by atoms with Crippen LogP contribution in [0, 0.1) is 5.82 Å². The topological polar surface area (TPSA) is 82.5 Å². The molecule has 3 aromatic rings. The number of carbonyl (C=O) groups excluding carboxylic acids is 1. The molecule has 0 fully saturated rings. The summed E-state index contributed by atoms with van der Waals surface area (Å²) in [6.45, 7) is 7.57. The van der Waals surface area contributed by atoms with Crippen LogP contribution < -0.4 is 10.5 Å². The summed E-state index contributed by atoms with van der Waals surface area (Å²) in [6, 6.07) is 6.21. The van der Waals surface area contributed by atoms with Crippen molar-refractivity contribution in [1.82, 2.24) is 14.6 Å². The smallest absolute Gasteiger partial charge is 0.247 e. The average molecular weight is 384 g/mol. The van der Waals surface area contributed by atoms with Crippen LogP contribution in [0.5, 0.6) is 11.6 Å².